The van der Waals surface area contributed by atoms with Gasteiger partial charge in [-0.3, -0.25) is 4.90 Å². The van der Waals surface area contributed by atoms with Crippen LogP contribution in [0, 0.1) is 6.92 Å². The largest absolute Gasteiger partial charge is 0.462 e. The second kappa shape index (κ2) is 6.66. The van der Waals surface area contributed by atoms with Crippen LogP contribution in [0.1, 0.15) is 30.7 Å². The van der Waals surface area contributed by atoms with Gasteiger partial charge in [-0.1, -0.05) is 6.42 Å². The Hall–Kier alpha value is -1.20. The molecule has 0 spiro atoms. The molecular weight excluding hydrogens is 228 g/mol. The minimum Gasteiger partial charge on any atom is -0.462 e. The predicted molar refractivity (Wildman–Crippen MR) is 70.4 cm³/mol. The van der Waals surface area contributed by atoms with Gasteiger partial charge in [-0.15, -0.1) is 0 Å². The fraction of sp³-hybridized carbons (Fsp3) is 0.692. The van der Waals surface area contributed by atoms with Crippen molar-refractivity contribution in [1.29, 1.82) is 0 Å². The van der Waals surface area contributed by atoms with Gasteiger partial charge in [0.2, 0.25) is 0 Å². The van der Waals surface area contributed by atoms with Gasteiger partial charge in [0.05, 0.1) is 5.69 Å². The highest BCUT2D eigenvalue weighted by molar-refractivity contribution is 5.12. The second-order valence-corrected chi connectivity index (χ2v) is 4.74. The summed E-state index contributed by atoms with van der Waals surface area (Å²) in [6.07, 6.45) is 3.97. The smallest absolute Gasteiger partial charge is 0.316 e. The highest BCUT2D eigenvalue weighted by Crippen LogP contribution is 2.09. The van der Waals surface area contributed by atoms with Gasteiger partial charge in [0, 0.05) is 18.8 Å². The summed E-state index contributed by atoms with van der Waals surface area (Å²) in [6.45, 7) is 6.32. The van der Waals surface area contributed by atoms with E-state index in [1.807, 2.05) is 13.0 Å². The molecule has 1 aliphatic heterocycles. The Labute approximate surface area is 108 Å². The van der Waals surface area contributed by atoms with E-state index in [4.69, 9.17) is 10.5 Å². The number of hydrogen-bond donors (Lipinski definition) is 1. The average molecular weight is 250 g/mol. The molecule has 0 radical (unpaired) electrons. The van der Waals surface area contributed by atoms with Gasteiger partial charge in [-0.2, -0.15) is 4.98 Å². The maximum absolute atomic E-state index is 5.61. The topological polar surface area (TPSA) is 64.3 Å². The number of nitrogens with zero attached hydrogens (tertiary/aromatic N) is 3. The molecule has 18 heavy (non-hydrogen) atoms. The van der Waals surface area contributed by atoms with E-state index in [2.05, 4.69) is 14.9 Å². The monoisotopic (exact) mass is 250 g/mol. The molecule has 0 aromatic carbocycles. The van der Waals surface area contributed by atoms with Crippen LogP contribution in [-0.4, -0.2) is 41.1 Å². The molecule has 1 saturated heterocycles. The molecule has 0 amide bonds. The van der Waals surface area contributed by atoms with E-state index in [1.54, 1.807) is 0 Å². The third-order valence-electron chi connectivity index (χ3n) is 3.18. The lowest BCUT2D eigenvalue weighted by atomic mass is 10.1. The molecule has 5 nitrogen and oxygen atoms in total. The van der Waals surface area contributed by atoms with Crippen LogP contribution in [0.2, 0.25) is 0 Å². The molecule has 1 aromatic rings. The Morgan fingerprint density at radius 3 is 2.78 bits per heavy atom. The van der Waals surface area contributed by atoms with Crippen molar-refractivity contribution in [3.63, 3.8) is 0 Å². The Kier molecular flexibility index (Phi) is 4.90. The number of hydrogen-bond acceptors (Lipinski definition) is 5. The van der Waals surface area contributed by atoms with Crippen molar-refractivity contribution in [1.82, 2.24) is 14.9 Å². The van der Waals surface area contributed by atoms with E-state index < -0.39 is 0 Å². The zero-order chi connectivity index (χ0) is 12.8. The molecule has 2 heterocycles. The zero-order valence-electron chi connectivity index (χ0n) is 11.1. The van der Waals surface area contributed by atoms with Crippen LogP contribution in [0.3, 0.4) is 0 Å². The van der Waals surface area contributed by atoms with Crippen molar-refractivity contribution in [3.05, 3.63) is 17.5 Å². The minimum atomic E-state index is 0.422. The molecule has 5 heteroatoms. The summed E-state index contributed by atoms with van der Waals surface area (Å²) < 4.78 is 5.61. The third-order valence-corrected chi connectivity index (χ3v) is 3.18. The molecule has 0 atom stereocenters. The Bertz CT molecular complexity index is 377. The maximum Gasteiger partial charge on any atom is 0.316 e. The summed E-state index contributed by atoms with van der Waals surface area (Å²) in [5, 5.41) is 0. The molecule has 100 valence electrons. The summed E-state index contributed by atoms with van der Waals surface area (Å²) in [7, 11) is 0. The van der Waals surface area contributed by atoms with Crippen LogP contribution in [0.25, 0.3) is 0 Å². The minimum absolute atomic E-state index is 0.422. The third kappa shape index (κ3) is 3.92. The Balaban J connectivity index is 1.80. The SMILES string of the molecule is Cc1cc(CN)nc(OCCN2CCCCC2)n1. The lowest BCUT2D eigenvalue weighted by molar-refractivity contribution is 0.177. The average Bonchev–Trinajstić information content (AvgIpc) is 2.39. The van der Waals surface area contributed by atoms with E-state index in [1.165, 1.54) is 32.4 Å². The van der Waals surface area contributed by atoms with Crippen molar-refractivity contribution in [2.75, 3.05) is 26.2 Å². The molecule has 2 rings (SSSR count). The molecule has 0 aliphatic carbocycles. The van der Waals surface area contributed by atoms with Crippen LogP contribution in [0.15, 0.2) is 6.07 Å². The van der Waals surface area contributed by atoms with Gasteiger partial charge in [0.1, 0.15) is 6.61 Å². The van der Waals surface area contributed by atoms with Crippen LogP contribution < -0.4 is 10.5 Å². The van der Waals surface area contributed by atoms with Gasteiger partial charge < -0.3 is 10.5 Å². The van der Waals surface area contributed by atoms with Gasteiger partial charge in [0.25, 0.3) is 0 Å². The number of ether oxygens (including phenoxy) is 1. The van der Waals surface area contributed by atoms with Crippen molar-refractivity contribution < 1.29 is 4.74 Å². The lowest BCUT2D eigenvalue weighted by Gasteiger charge is -2.25. The number of rotatable bonds is 5. The van der Waals surface area contributed by atoms with Crippen molar-refractivity contribution >= 4 is 0 Å². The van der Waals surface area contributed by atoms with Gasteiger partial charge in [0.15, 0.2) is 0 Å². The first kappa shape index (κ1) is 13.2. The summed E-state index contributed by atoms with van der Waals surface area (Å²) in [5.41, 5.74) is 7.31. The fourth-order valence-electron chi connectivity index (χ4n) is 2.22. The van der Waals surface area contributed by atoms with Crippen LogP contribution in [0.4, 0.5) is 0 Å². The first-order valence-corrected chi connectivity index (χ1v) is 6.68. The van der Waals surface area contributed by atoms with Crippen molar-refractivity contribution in [2.45, 2.75) is 32.7 Å². The molecule has 1 aliphatic rings. The van der Waals surface area contributed by atoms with E-state index in [9.17, 15) is 0 Å². The van der Waals surface area contributed by atoms with Crippen LogP contribution >= 0.6 is 0 Å². The molecule has 1 aromatic heterocycles. The molecule has 0 saturated carbocycles. The zero-order valence-corrected chi connectivity index (χ0v) is 11.1. The summed E-state index contributed by atoms with van der Waals surface area (Å²) in [6, 6.07) is 2.34. The van der Waals surface area contributed by atoms with Crippen LogP contribution in [0.5, 0.6) is 6.01 Å². The maximum atomic E-state index is 5.61. The fourth-order valence-corrected chi connectivity index (χ4v) is 2.22. The van der Waals surface area contributed by atoms with E-state index in [0.717, 1.165) is 17.9 Å². The van der Waals surface area contributed by atoms with Crippen molar-refractivity contribution in [2.24, 2.45) is 5.73 Å². The molecule has 0 bridgehead atoms. The molecule has 0 unspecified atom stereocenters. The van der Waals surface area contributed by atoms with Gasteiger partial charge in [-0.25, -0.2) is 4.98 Å². The second-order valence-electron chi connectivity index (χ2n) is 4.74. The number of likely N-dealkylation sites (tertiary alicyclic amines) is 1. The molecule has 1 fully saturated rings. The van der Waals surface area contributed by atoms with Crippen molar-refractivity contribution in [3.8, 4) is 6.01 Å². The Morgan fingerprint density at radius 1 is 1.28 bits per heavy atom. The van der Waals surface area contributed by atoms with E-state index >= 15 is 0 Å². The Morgan fingerprint density at radius 2 is 2.06 bits per heavy atom. The number of nitrogens with two attached hydrogens (primary N) is 1. The molecular formula is C13H22N4O. The van der Waals surface area contributed by atoms with Gasteiger partial charge >= 0.3 is 6.01 Å². The van der Waals surface area contributed by atoms with E-state index in [-0.39, 0.29) is 0 Å². The quantitative estimate of drug-likeness (QED) is 0.848. The van der Waals surface area contributed by atoms with Crippen LogP contribution in [-0.2, 0) is 6.54 Å². The van der Waals surface area contributed by atoms with E-state index in [0.29, 0.717) is 19.2 Å². The normalized spacial score (nSPS) is 16.8. The highest BCUT2D eigenvalue weighted by Gasteiger charge is 2.10. The predicted octanol–water partition coefficient (Wildman–Crippen LogP) is 1.11. The highest BCUT2D eigenvalue weighted by atomic mass is 16.5. The van der Waals surface area contributed by atoms with Gasteiger partial charge in [-0.05, 0) is 38.9 Å². The number of aryl methyl sites for hydroxylation is 1. The molecule has 2 N–H and O–H groups in total. The standard InChI is InChI=1S/C13H22N4O/c1-11-9-12(10-14)16-13(15-11)18-8-7-17-5-3-2-4-6-17/h9H,2-8,10,14H2,1H3. The lowest BCUT2D eigenvalue weighted by Crippen LogP contribution is -2.33. The number of aromatic nitrogens is 2. The first-order chi connectivity index (χ1) is 8.78. The summed E-state index contributed by atoms with van der Waals surface area (Å²) in [5.74, 6) is 0. The first-order valence-electron chi connectivity index (χ1n) is 6.68. The summed E-state index contributed by atoms with van der Waals surface area (Å²) in [4.78, 5) is 10.9. The summed E-state index contributed by atoms with van der Waals surface area (Å²) >= 11 is 0. The number of piperidine rings is 1.